The zero-order valence-electron chi connectivity index (χ0n) is 21.1. The van der Waals surface area contributed by atoms with E-state index < -0.39 is 24.0 Å². The number of rotatable bonds is 25. The summed E-state index contributed by atoms with van der Waals surface area (Å²) < 4.78 is 0. The van der Waals surface area contributed by atoms with Crippen LogP contribution in [0.3, 0.4) is 0 Å². The molecule has 200 valence electrons. The fraction of sp³-hybridized carbons (Fsp3) is 0.880. The maximum absolute atomic E-state index is 12.1. The number of unbranched alkanes of at least 4 members (excludes halogenated alkanes) is 13. The Hall–Kier alpha value is -0.930. The van der Waals surface area contributed by atoms with Crippen LogP contribution in [0.5, 0.6) is 0 Å². The Balaban J connectivity index is 3.63. The number of hydrogen-bond acceptors (Lipinski definition) is 6. The van der Waals surface area contributed by atoms with Crippen LogP contribution in [0.1, 0.15) is 116 Å². The second kappa shape index (κ2) is 23.8. The van der Waals surface area contributed by atoms with E-state index in [1.165, 1.54) is 92.2 Å². The summed E-state index contributed by atoms with van der Waals surface area (Å²) in [6.07, 6.45) is 18.7. The highest BCUT2D eigenvalue weighted by Crippen LogP contribution is 2.23. The number of carboxylic acids is 2. The molecule has 5 N–H and O–H groups in total. The van der Waals surface area contributed by atoms with Crippen LogP contribution in [0.4, 0.5) is 0 Å². The normalized spacial score (nSPS) is 12.9. The Kier molecular flexibility index (Phi) is 23.1. The molecular formula is C25H48N2O5S2. The van der Waals surface area contributed by atoms with Gasteiger partial charge in [0.05, 0.1) is 0 Å². The zero-order chi connectivity index (χ0) is 25.4. The lowest BCUT2D eigenvalue weighted by molar-refractivity contribution is -0.142. The standard InChI is InChI=1S/C25H48N2O5S2/c1-2-3-4-5-6-7-8-9-10-11-12-13-14-15-16-23(28)27-22(25(31)32)18-20-34-33-19-17-21(26)24(29)30/h21-22H,2-20,26H2,1H3,(H,27,28)(H,29,30)(H,31,32). The van der Waals surface area contributed by atoms with Gasteiger partial charge in [0.15, 0.2) is 0 Å². The largest absolute Gasteiger partial charge is 0.480 e. The number of nitrogens with one attached hydrogen (secondary N) is 1. The average molecular weight is 521 g/mol. The van der Waals surface area contributed by atoms with Gasteiger partial charge >= 0.3 is 11.9 Å². The first-order valence-electron chi connectivity index (χ1n) is 13.1. The highest BCUT2D eigenvalue weighted by molar-refractivity contribution is 8.76. The van der Waals surface area contributed by atoms with Crippen LogP contribution in [0.25, 0.3) is 0 Å². The van der Waals surface area contributed by atoms with E-state index in [0.717, 1.165) is 19.3 Å². The third kappa shape index (κ3) is 21.6. The Morgan fingerprint density at radius 3 is 1.59 bits per heavy atom. The minimum atomic E-state index is -1.02. The van der Waals surface area contributed by atoms with E-state index in [9.17, 15) is 19.5 Å². The molecule has 0 fully saturated rings. The van der Waals surface area contributed by atoms with Crippen LogP contribution in [-0.2, 0) is 14.4 Å². The van der Waals surface area contributed by atoms with E-state index in [0.29, 0.717) is 30.8 Å². The van der Waals surface area contributed by atoms with Gasteiger partial charge in [0.1, 0.15) is 12.1 Å². The molecule has 0 saturated heterocycles. The Bertz CT molecular complexity index is 537. The highest BCUT2D eigenvalue weighted by Gasteiger charge is 2.19. The quantitative estimate of drug-likeness (QED) is 0.0851. The monoisotopic (exact) mass is 520 g/mol. The van der Waals surface area contributed by atoms with Gasteiger partial charge in [-0.25, -0.2) is 4.79 Å². The molecule has 0 aliphatic heterocycles. The smallest absolute Gasteiger partial charge is 0.326 e. The van der Waals surface area contributed by atoms with Crippen molar-refractivity contribution in [3.63, 3.8) is 0 Å². The molecule has 34 heavy (non-hydrogen) atoms. The molecule has 0 aliphatic carbocycles. The lowest BCUT2D eigenvalue weighted by Crippen LogP contribution is -2.41. The molecule has 1 amide bonds. The molecule has 0 aliphatic rings. The maximum Gasteiger partial charge on any atom is 0.326 e. The third-order valence-corrected chi connectivity index (χ3v) is 8.26. The van der Waals surface area contributed by atoms with Crippen molar-refractivity contribution in [2.24, 2.45) is 5.73 Å². The van der Waals surface area contributed by atoms with Crippen molar-refractivity contribution in [3.05, 3.63) is 0 Å². The summed E-state index contributed by atoms with van der Waals surface area (Å²) in [6.45, 7) is 2.25. The highest BCUT2D eigenvalue weighted by atomic mass is 33.1. The first-order valence-corrected chi connectivity index (χ1v) is 15.6. The predicted molar refractivity (Wildman–Crippen MR) is 144 cm³/mol. The van der Waals surface area contributed by atoms with Crippen LogP contribution in [-0.4, -0.2) is 51.6 Å². The third-order valence-electron chi connectivity index (χ3n) is 5.79. The van der Waals surface area contributed by atoms with E-state index in [-0.39, 0.29) is 5.91 Å². The van der Waals surface area contributed by atoms with Gasteiger partial charge in [-0.3, -0.25) is 9.59 Å². The zero-order valence-corrected chi connectivity index (χ0v) is 22.7. The lowest BCUT2D eigenvalue weighted by atomic mass is 10.0. The number of hydrogen-bond donors (Lipinski definition) is 4. The summed E-state index contributed by atoms with van der Waals surface area (Å²) >= 11 is 0. The van der Waals surface area contributed by atoms with Gasteiger partial charge in [-0.15, -0.1) is 0 Å². The minimum Gasteiger partial charge on any atom is -0.480 e. The van der Waals surface area contributed by atoms with Crippen molar-refractivity contribution >= 4 is 39.4 Å². The first kappa shape index (κ1) is 33.1. The number of carbonyl (C=O) groups is 3. The fourth-order valence-corrected chi connectivity index (χ4v) is 5.79. The van der Waals surface area contributed by atoms with Crippen molar-refractivity contribution in [1.29, 1.82) is 0 Å². The molecule has 0 saturated carbocycles. The molecule has 2 unspecified atom stereocenters. The molecule has 0 radical (unpaired) electrons. The second-order valence-electron chi connectivity index (χ2n) is 8.97. The van der Waals surface area contributed by atoms with Gasteiger partial charge in [-0.2, -0.15) is 0 Å². The Morgan fingerprint density at radius 2 is 1.15 bits per heavy atom. The second-order valence-corrected chi connectivity index (χ2v) is 11.7. The van der Waals surface area contributed by atoms with E-state index in [1.54, 1.807) is 0 Å². The molecule has 0 bridgehead atoms. The summed E-state index contributed by atoms with van der Waals surface area (Å²) in [5, 5.41) is 20.7. The molecule has 0 spiro atoms. The Morgan fingerprint density at radius 1 is 0.706 bits per heavy atom. The van der Waals surface area contributed by atoms with Gasteiger partial charge < -0.3 is 21.3 Å². The maximum atomic E-state index is 12.1. The van der Waals surface area contributed by atoms with Gasteiger partial charge in [0, 0.05) is 17.9 Å². The van der Waals surface area contributed by atoms with Crippen molar-refractivity contribution in [1.82, 2.24) is 5.32 Å². The summed E-state index contributed by atoms with van der Waals surface area (Å²) in [6, 6.07) is -1.75. The molecule has 0 aromatic rings. The minimum absolute atomic E-state index is 0.198. The number of carboxylic acid groups (broad SMARTS) is 2. The Labute approximate surface area is 214 Å². The van der Waals surface area contributed by atoms with Crippen LogP contribution < -0.4 is 11.1 Å². The van der Waals surface area contributed by atoms with Crippen LogP contribution in [0, 0.1) is 0 Å². The van der Waals surface area contributed by atoms with Gasteiger partial charge in [0.2, 0.25) is 5.91 Å². The first-order chi connectivity index (χ1) is 16.4. The molecule has 9 heteroatoms. The van der Waals surface area contributed by atoms with Crippen LogP contribution in [0.2, 0.25) is 0 Å². The fourth-order valence-electron chi connectivity index (χ4n) is 3.59. The summed E-state index contributed by atoms with van der Waals surface area (Å²) in [7, 11) is 2.94. The van der Waals surface area contributed by atoms with E-state index in [2.05, 4.69) is 12.2 Å². The topological polar surface area (TPSA) is 130 Å². The molecule has 7 nitrogen and oxygen atoms in total. The van der Waals surface area contributed by atoms with E-state index in [1.807, 2.05) is 0 Å². The van der Waals surface area contributed by atoms with Crippen molar-refractivity contribution in [2.75, 3.05) is 11.5 Å². The SMILES string of the molecule is CCCCCCCCCCCCCCCCC(=O)NC(CCSSCCC(N)C(=O)O)C(=O)O. The number of aliphatic carboxylic acids is 2. The average Bonchev–Trinajstić information content (AvgIpc) is 2.80. The van der Waals surface area contributed by atoms with Crippen molar-refractivity contribution in [2.45, 2.75) is 128 Å². The van der Waals surface area contributed by atoms with Crippen molar-refractivity contribution in [3.8, 4) is 0 Å². The number of carbonyl (C=O) groups excluding carboxylic acids is 1. The molecular weight excluding hydrogens is 472 g/mol. The summed E-state index contributed by atoms with van der Waals surface area (Å²) in [5.74, 6) is -1.09. The van der Waals surface area contributed by atoms with Gasteiger partial charge in [0.25, 0.3) is 0 Å². The number of nitrogens with two attached hydrogens (primary N) is 1. The van der Waals surface area contributed by atoms with Crippen LogP contribution >= 0.6 is 21.6 Å². The van der Waals surface area contributed by atoms with Gasteiger partial charge in [-0.05, 0) is 19.3 Å². The van der Waals surface area contributed by atoms with E-state index in [4.69, 9.17) is 10.8 Å². The summed E-state index contributed by atoms with van der Waals surface area (Å²) in [4.78, 5) is 34.2. The van der Waals surface area contributed by atoms with Crippen molar-refractivity contribution < 1.29 is 24.6 Å². The lowest BCUT2D eigenvalue weighted by Gasteiger charge is -2.14. The molecule has 0 heterocycles. The van der Waals surface area contributed by atoms with Gasteiger partial charge in [-0.1, -0.05) is 112 Å². The van der Waals surface area contributed by atoms with Crippen LogP contribution in [0.15, 0.2) is 0 Å². The molecule has 0 aromatic carbocycles. The summed E-state index contributed by atoms with van der Waals surface area (Å²) in [5.41, 5.74) is 5.44. The number of amides is 1. The molecule has 2 atom stereocenters. The molecule has 0 rings (SSSR count). The van der Waals surface area contributed by atoms with E-state index >= 15 is 0 Å². The molecule has 0 aromatic heterocycles. The predicted octanol–water partition coefficient (Wildman–Crippen LogP) is 6.00.